The summed E-state index contributed by atoms with van der Waals surface area (Å²) >= 11 is 0. The van der Waals surface area contributed by atoms with Crippen molar-refractivity contribution in [2.75, 3.05) is 32.8 Å². The summed E-state index contributed by atoms with van der Waals surface area (Å²) < 4.78 is 5.64. The molecule has 0 atom stereocenters. The lowest BCUT2D eigenvalue weighted by Gasteiger charge is -2.24. The van der Waals surface area contributed by atoms with Crippen molar-refractivity contribution in [3.63, 3.8) is 0 Å². The number of hydrogen-bond donors (Lipinski definition) is 0. The molecule has 1 aliphatic carbocycles. The summed E-state index contributed by atoms with van der Waals surface area (Å²) in [5.74, 6) is 0.786. The molecule has 13 heavy (non-hydrogen) atoms. The molecule has 2 heteroatoms. The van der Waals surface area contributed by atoms with Crippen molar-refractivity contribution >= 4 is 0 Å². The van der Waals surface area contributed by atoms with Gasteiger partial charge in [0.25, 0.3) is 0 Å². The van der Waals surface area contributed by atoms with E-state index in [0.717, 1.165) is 25.7 Å². The maximum atomic E-state index is 5.64. The molecule has 76 valence electrons. The van der Waals surface area contributed by atoms with Crippen LogP contribution in [0.4, 0.5) is 0 Å². The summed E-state index contributed by atoms with van der Waals surface area (Å²) in [6, 6.07) is 0. The zero-order chi connectivity index (χ0) is 9.31. The van der Waals surface area contributed by atoms with Crippen LogP contribution in [0.15, 0.2) is 0 Å². The van der Waals surface area contributed by atoms with E-state index in [-0.39, 0.29) is 0 Å². The maximum absolute atomic E-state index is 5.64. The SMILES string of the molecule is CC(C)CN1CCOCC2(CC2)C1. The monoisotopic (exact) mass is 183 g/mol. The van der Waals surface area contributed by atoms with Crippen LogP contribution in [0.25, 0.3) is 0 Å². The fraction of sp³-hybridized carbons (Fsp3) is 1.00. The highest BCUT2D eigenvalue weighted by Crippen LogP contribution is 2.47. The van der Waals surface area contributed by atoms with Crippen molar-refractivity contribution < 1.29 is 4.74 Å². The third kappa shape index (κ3) is 2.44. The Balaban J connectivity index is 1.87. The first-order valence-electron chi connectivity index (χ1n) is 5.50. The van der Waals surface area contributed by atoms with Gasteiger partial charge >= 0.3 is 0 Å². The number of ether oxygens (including phenoxy) is 1. The van der Waals surface area contributed by atoms with E-state index in [9.17, 15) is 0 Å². The fourth-order valence-corrected chi connectivity index (χ4v) is 2.23. The normalized spacial score (nSPS) is 27.9. The zero-order valence-electron chi connectivity index (χ0n) is 8.88. The predicted octanol–water partition coefficient (Wildman–Crippen LogP) is 1.75. The minimum Gasteiger partial charge on any atom is -0.379 e. The van der Waals surface area contributed by atoms with Crippen molar-refractivity contribution in [1.29, 1.82) is 0 Å². The van der Waals surface area contributed by atoms with Gasteiger partial charge in [0.1, 0.15) is 0 Å². The molecule has 0 aromatic heterocycles. The Labute approximate surface area is 81.3 Å². The molecule has 0 radical (unpaired) electrons. The molecule has 1 saturated carbocycles. The Morgan fingerprint density at radius 1 is 1.38 bits per heavy atom. The van der Waals surface area contributed by atoms with Crippen molar-refractivity contribution in [1.82, 2.24) is 4.90 Å². The highest BCUT2D eigenvalue weighted by Gasteiger charge is 2.45. The molecule has 2 fully saturated rings. The quantitative estimate of drug-likeness (QED) is 0.647. The van der Waals surface area contributed by atoms with Crippen LogP contribution in [-0.2, 0) is 4.74 Å². The summed E-state index contributed by atoms with van der Waals surface area (Å²) in [6.45, 7) is 10.2. The molecule has 2 aliphatic rings. The highest BCUT2D eigenvalue weighted by molar-refractivity contribution is 4.96. The molecule has 0 aromatic carbocycles. The van der Waals surface area contributed by atoms with Crippen LogP contribution >= 0.6 is 0 Å². The first-order valence-corrected chi connectivity index (χ1v) is 5.50. The largest absolute Gasteiger partial charge is 0.379 e. The summed E-state index contributed by atoms with van der Waals surface area (Å²) in [4.78, 5) is 2.59. The van der Waals surface area contributed by atoms with Gasteiger partial charge in [-0.1, -0.05) is 13.8 Å². The van der Waals surface area contributed by atoms with Gasteiger partial charge in [-0.15, -0.1) is 0 Å². The Kier molecular flexibility index (Phi) is 2.61. The zero-order valence-corrected chi connectivity index (χ0v) is 8.88. The van der Waals surface area contributed by atoms with Gasteiger partial charge in [-0.05, 0) is 18.8 Å². The standard InChI is InChI=1S/C11H21NO/c1-10(2)7-12-5-6-13-9-11(8-12)3-4-11/h10H,3-9H2,1-2H3. The van der Waals surface area contributed by atoms with E-state index >= 15 is 0 Å². The molecule has 0 N–H and O–H groups in total. The summed E-state index contributed by atoms with van der Waals surface area (Å²) in [5, 5.41) is 0. The van der Waals surface area contributed by atoms with E-state index in [1.54, 1.807) is 0 Å². The van der Waals surface area contributed by atoms with Gasteiger partial charge in [0.05, 0.1) is 13.2 Å². The molecule has 2 rings (SSSR count). The lowest BCUT2D eigenvalue weighted by Crippen LogP contribution is -2.33. The van der Waals surface area contributed by atoms with Gasteiger partial charge in [0.2, 0.25) is 0 Å². The van der Waals surface area contributed by atoms with Crippen LogP contribution < -0.4 is 0 Å². The van der Waals surface area contributed by atoms with Crippen molar-refractivity contribution in [3.05, 3.63) is 0 Å². The second-order valence-corrected chi connectivity index (χ2v) is 5.18. The van der Waals surface area contributed by atoms with E-state index < -0.39 is 0 Å². The molecule has 1 aliphatic heterocycles. The molecule has 0 amide bonds. The molecule has 2 nitrogen and oxygen atoms in total. The Bertz CT molecular complexity index is 175. The lowest BCUT2D eigenvalue weighted by atomic mass is 10.1. The van der Waals surface area contributed by atoms with E-state index in [4.69, 9.17) is 4.74 Å². The van der Waals surface area contributed by atoms with E-state index in [0.29, 0.717) is 5.41 Å². The van der Waals surface area contributed by atoms with Crippen LogP contribution in [0.1, 0.15) is 26.7 Å². The third-order valence-corrected chi connectivity index (χ3v) is 3.10. The number of hydrogen-bond acceptors (Lipinski definition) is 2. The first kappa shape index (κ1) is 9.47. The van der Waals surface area contributed by atoms with E-state index in [1.807, 2.05) is 0 Å². The summed E-state index contributed by atoms with van der Waals surface area (Å²) in [7, 11) is 0. The number of rotatable bonds is 2. The van der Waals surface area contributed by atoms with E-state index in [1.165, 1.54) is 25.9 Å². The van der Waals surface area contributed by atoms with Crippen LogP contribution in [0.2, 0.25) is 0 Å². The molecule has 0 unspecified atom stereocenters. The average molecular weight is 183 g/mol. The molecule has 0 aromatic rings. The van der Waals surface area contributed by atoms with Gasteiger partial charge in [-0.25, -0.2) is 0 Å². The molecule has 1 saturated heterocycles. The topological polar surface area (TPSA) is 12.5 Å². The Morgan fingerprint density at radius 2 is 2.15 bits per heavy atom. The van der Waals surface area contributed by atoms with Crippen LogP contribution in [0, 0.1) is 11.3 Å². The molecular formula is C11H21NO. The van der Waals surface area contributed by atoms with Gasteiger partial charge < -0.3 is 9.64 Å². The molecule has 1 heterocycles. The van der Waals surface area contributed by atoms with Gasteiger partial charge in [-0.2, -0.15) is 0 Å². The van der Waals surface area contributed by atoms with Gasteiger partial charge in [-0.3, -0.25) is 0 Å². The van der Waals surface area contributed by atoms with Crippen molar-refractivity contribution in [2.24, 2.45) is 11.3 Å². The minimum absolute atomic E-state index is 0.575. The third-order valence-electron chi connectivity index (χ3n) is 3.10. The molecular weight excluding hydrogens is 162 g/mol. The predicted molar refractivity (Wildman–Crippen MR) is 53.8 cm³/mol. The second-order valence-electron chi connectivity index (χ2n) is 5.18. The smallest absolute Gasteiger partial charge is 0.0593 e. The first-order chi connectivity index (χ1) is 6.20. The Morgan fingerprint density at radius 3 is 2.77 bits per heavy atom. The van der Waals surface area contributed by atoms with Gasteiger partial charge in [0.15, 0.2) is 0 Å². The lowest BCUT2D eigenvalue weighted by molar-refractivity contribution is 0.115. The fourth-order valence-electron chi connectivity index (χ4n) is 2.23. The minimum atomic E-state index is 0.575. The second kappa shape index (κ2) is 3.58. The van der Waals surface area contributed by atoms with Crippen molar-refractivity contribution in [3.8, 4) is 0 Å². The van der Waals surface area contributed by atoms with Crippen LogP contribution in [0.3, 0.4) is 0 Å². The summed E-state index contributed by atoms with van der Waals surface area (Å²) in [5.41, 5.74) is 0.575. The van der Waals surface area contributed by atoms with Gasteiger partial charge in [0, 0.05) is 25.0 Å². The number of nitrogens with zero attached hydrogens (tertiary/aromatic N) is 1. The molecule has 1 spiro atoms. The van der Waals surface area contributed by atoms with Crippen LogP contribution in [-0.4, -0.2) is 37.7 Å². The van der Waals surface area contributed by atoms with Crippen LogP contribution in [0.5, 0.6) is 0 Å². The highest BCUT2D eigenvalue weighted by atomic mass is 16.5. The molecule has 0 bridgehead atoms. The van der Waals surface area contributed by atoms with Crippen molar-refractivity contribution in [2.45, 2.75) is 26.7 Å². The maximum Gasteiger partial charge on any atom is 0.0593 e. The van der Waals surface area contributed by atoms with E-state index in [2.05, 4.69) is 18.7 Å². The summed E-state index contributed by atoms with van der Waals surface area (Å²) in [6.07, 6.45) is 2.78. The Hall–Kier alpha value is -0.0800. The average Bonchev–Trinajstić information content (AvgIpc) is 2.80.